The van der Waals surface area contributed by atoms with Crippen LogP contribution in [-0.4, -0.2) is 15.6 Å². The highest BCUT2D eigenvalue weighted by atomic mass is 35.5. The maximum absolute atomic E-state index is 13.4. The van der Waals surface area contributed by atoms with Gasteiger partial charge in [-0.15, -0.1) is 0 Å². The monoisotopic (exact) mass is 413 g/mol. The number of carbonyl (C=O) groups is 1. The molecule has 1 amide bonds. The van der Waals surface area contributed by atoms with E-state index in [1.165, 1.54) is 4.57 Å². The number of amides is 1. The lowest BCUT2D eigenvalue weighted by Crippen LogP contribution is -2.29. The first-order valence-electron chi connectivity index (χ1n) is 9.40. The van der Waals surface area contributed by atoms with Gasteiger partial charge < -0.3 is 10.5 Å². The number of benzene rings is 2. The van der Waals surface area contributed by atoms with E-state index in [1.807, 2.05) is 18.2 Å². The molecule has 3 aromatic rings. The number of primary amides is 1. The maximum atomic E-state index is 13.4. The van der Waals surface area contributed by atoms with Crippen LogP contribution in [-0.2, 0) is 4.74 Å². The van der Waals surface area contributed by atoms with Gasteiger partial charge in [0.15, 0.2) is 11.9 Å². The van der Waals surface area contributed by atoms with Crippen LogP contribution in [0, 0.1) is 5.41 Å². The molecule has 152 valence electrons. The summed E-state index contributed by atoms with van der Waals surface area (Å²) in [5.74, 6) is 0.319. The highest BCUT2D eigenvalue weighted by molar-refractivity contribution is 6.35. The number of rotatable bonds is 5. The predicted octanol–water partition coefficient (Wildman–Crippen LogP) is 5.00. The predicted molar refractivity (Wildman–Crippen MR) is 114 cm³/mol. The van der Waals surface area contributed by atoms with Crippen LogP contribution >= 0.6 is 11.6 Å². The second-order valence-corrected chi connectivity index (χ2v) is 8.51. The van der Waals surface area contributed by atoms with E-state index < -0.39 is 12.2 Å². The van der Waals surface area contributed by atoms with Crippen molar-refractivity contribution in [3.05, 3.63) is 69.7 Å². The van der Waals surface area contributed by atoms with Crippen molar-refractivity contribution in [3.8, 4) is 5.69 Å². The first-order valence-corrected chi connectivity index (χ1v) is 9.78. The molecule has 6 nitrogen and oxygen atoms in total. The van der Waals surface area contributed by atoms with E-state index >= 15 is 0 Å². The lowest BCUT2D eigenvalue weighted by molar-refractivity contribution is 0.0862. The molecule has 0 saturated heterocycles. The summed E-state index contributed by atoms with van der Waals surface area (Å²) in [6.07, 6.45) is -0.479. The number of ether oxygens (including phenoxy) is 1. The molecule has 0 saturated carbocycles. The molecule has 2 N–H and O–H groups in total. The number of fused-ring (bicyclic) bond motifs is 1. The van der Waals surface area contributed by atoms with Gasteiger partial charge in [-0.25, -0.2) is 9.78 Å². The Balaban J connectivity index is 2.28. The Kier molecular flexibility index (Phi) is 5.94. The lowest BCUT2D eigenvalue weighted by Gasteiger charge is -2.25. The number of aromatic nitrogens is 2. The molecule has 2 aromatic carbocycles. The van der Waals surface area contributed by atoms with Crippen molar-refractivity contribution in [1.29, 1.82) is 0 Å². The van der Waals surface area contributed by atoms with Gasteiger partial charge in [-0.1, -0.05) is 56.6 Å². The summed E-state index contributed by atoms with van der Waals surface area (Å²) in [5, 5.41) is 0.633. The van der Waals surface area contributed by atoms with E-state index in [0.29, 0.717) is 33.9 Å². The zero-order valence-electron chi connectivity index (χ0n) is 16.7. The molecule has 0 aliphatic carbocycles. The Labute approximate surface area is 174 Å². The molecular weight excluding hydrogens is 390 g/mol. The van der Waals surface area contributed by atoms with Crippen molar-refractivity contribution in [2.45, 2.75) is 39.7 Å². The van der Waals surface area contributed by atoms with Crippen molar-refractivity contribution in [2.24, 2.45) is 11.1 Å². The Hall–Kier alpha value is -2.86. The number of nitrogens with zero attached hydrogens (tertiary/aromatic N) is 2. The highest BCUT2D eigenvalue weighted by Gasteiger charge is 2.26. The van der Waals surface area contributed by atoms with Crippen molar-refractivity contribution < 1.29 is 9.53 Å². The third-order valence-corrected chi connectivity index (χ3v) is 4.90. The van der Waals surface area contributed by atoms with Crippen molar-refractivity contribution >= 4 is 28.6 Å². The molecule has 29 heavy (non-hydrogen) atoms. The quantitative estimate of drug-likeness (QED) is 0.637. The van der Waals surface area contributed by atoms with Gasteiger partial charge in [0, 0.05) is 0 Å². The van der Waals surface area contributed by atoms with Gasteiger partial charge in [0.1, 0.15) is 0 Å². The van der Waals surface area contributed by atoms with Gasteiger partial charge >= 0.3 is 6.09 Å². The fourth-order valence-corrected chi connectivity index (χ4v) is 3.44. The van der Waals surface area contributed by atoms with E-state index in [-0.39, 0.29) is 11.0 Å². The lowest BCUT2D eigenvalue weighted by atomic mass is 9.89. The number of nitrogens with two attached hydrogens (primary N) is 1. The topological polar surface area (TPSA) is 87.2 Å². The van der Waals surface area contributed by atoms with Crippen molar-refractivity contribution in [2.75, 3.05) is 0 Å². The normalized spacial score (nSPS) is 12.7. The second kappa shape index (κ2) is 8.25. The fraction of sp³-hybridized carbons (Fsp3) is 0.318. The average Bonchev–Trinajstić information content (AvgIpc) is 2.64. The molecule has 0 spiro atoms. The molecule has 3 rings (SSSR count). The van der Waals surface area contributed by atoms with Crippen LogP contribution in [0.1, 0.15) is 45.5 Å². The number of para-hydroxylation sites is 1. The third-order valence-electron chi connectivity index (χ3n) is 4.59. The van der Waals surface area contributed by atoms with Crippen LogP contribution in [0.3, 0.4) is 0 Å². The number of carbonyl (C=O) groups excluding carboxylic acids is 1. The van der Waals surface area contributed by atoms with Crippen LogP contribution in [0.2, 0.25) is 5.02 Å². The molecule has 0 aliphatic rings. The first-order chi connectivity index (χ1) is 13.7. The zero-order chi connectivity index (χ0) is 21.2. The van der Waals surface area contributed by atoms with Crippen LogP contribution in [0.15, 0.2) is 53.3 Å². The molecule has 1 aromatic heterocycles. The summed E-state index contributed by atoms with van der Waals surface area (Å²) in [5.41, 5.74) is 6.06. The van der Waals surface area contributed by atoms with E-state index in [1.54, 1.807) is 30.3 Å². The maximum Gasteiger partial charge on any atom is 0.405 e. The number of hydrogen-bond acceptors (Lipinski definition) is 4. The second-order valence-electron chi connectivity index (χ2n) is 8.10. The Morgan fingerprint density at radius 1 is 1.17 bits per heavy atom. The van der Waals surface area contributed by atoms with E-state index in [2.05, 4.69) is 25.8 Å². The Morgan fingerprint density at radius 2 is 1.86 bits per heavy atom. The largest absolute Gasteiger partial charge is 0.438 e. The summed E-state index contributed by atoms with van der Waals surface area (Å²) in [4.78, 5) is 29.7. The van der Waals surface area contributed by atoms with E-state index in [4.69, 9.17) is 22.1 Å². The van der Waals surface area contributed by atoms with Gasteiger partial charge in [0.25, 0.3) is 5.56 Å². The molecule has 1 heterocycles. The molecule has 0 unspecified atom stereocenters. The van der Waals surface area contributed by atoms with Crippen LogP contribution < -0.4 is 11.3 Å². The van der Waals surface area contributed by atoms with Gasteiger partial charge in [0.05, 0.1) is 21.6 Å². The number of halogens is 1. The first kappa shape index (κ1) is 20.9. The van der Waals surface area contributed by atoms with Gasteiger partial charge in [-0.2, -0.15) is 0 Å². The van der Waals surface area contributed by atoms with Crippen LogP contribution in [0.25, 0.3) is 16.6 Å². The highest BCUT2D eigenvalue weighted by Crippen LogP contribution is 2.31. The van der Waals surface area contributed by atoms with Gasteiger partial charge in [0.2, 0.25) is 0 Å². The third kappa shape index (κ3) is 4.77. The summed E-state index contributed by atoms with van der Waals surface area (Å²) in [7, 11) is 0. The number of hydrogen-bond donors (Lipinski definition) is 1. The van der Waals surface area contributed by atoms with Crippen LogP contribution in [0.5, 0.6) is 0 Å². The minimum Gasteiger partial charge on any atom is -0.438 e. The fourth-order valence-electron chi connectivity index (χ4n) is 3.19. The Morgan fingerprint density at radius 3 is 2.48 bits per heavy atom. The zero-order valence-corrected chi connectivity index (χ0v) is 17.4. The molecule has 0 fully saturated rings. The average molecular weight is 414 g/mol. The van der Waals surface area contributed by atoms with Crippen LogP contribution in [0.4, 0.5) is 4.79 Å². The van der Waals surface area contributed by atoms with Gasteiger partial charge in [-0.05, 0) is 42.5 Å². The van der Waals surface area contributed by atoms with Crippen molar-refractivity contribution in [1.82, 2.24) is 9.55 Å². The van der Waals surface area contributed by atoms with Crippen molar-refractivity contribution in [3.63, 3.8) is 0 Å². The molecule has 0 radical (unpaired) electrons. The minimum atomic E-state index is -0.913. The molecule has 0 aliphatic heterocycles. The minimum absolute atomic E-state index is 0.00269. The van der Waals surface area contributed by atoms with E-state index in [0.717, 1.165) is 6.42 Å². The standard InChI is InChI=1S/C22H24ClN3O3/c1-22(2,3)13-12-17(29-21(24)28)19-25-16-11-7-10-15(23)18(16)20(27)26(19)14-8-5-4-6-9-14/h4-11,17H,12-13H2,1-3H3,(H2,24,28)/t17-/m0/s1. The Bertz CT molecular complexity index is 1090. The molecular formula is C22H24ClN3O3. The SMILES string of the molecule is CC(C)(C)CC[C@H](OC(N)=O)c1nc2cccc(Cl)c2c(=O)n1-c1ccccc1. The summed E-state index contributed by atoms with van der Waals surface area (Å²) in [6, 6.07) is 14.2. The smallest absolute Gasteiger partial charge is 0.405 e. The summed E-state index contributed by atoms with van der Waals surface area (Å²) < 4.78 is 6.86. The molecule has 0 bridgehead atoms. The van der Waals surface area contributed by atoms with E-state index in [9.17, 15) is 9.59 Å². The van der Waals surface area contributed by atoms with Gasteiger partial charge in [-0.3, -0.25) is 9.36 Å². The summed E-state index contributed by atoms with van der Waals surface area (Å²) in [6.45, 7) is 6.27. The molecule has 7 heteroatoms. The molecule has 1 atom stereocenters. The summed E-state index contributed by atoms with van der Waals surface area (Å²) >= 11 is 6.30.